The Kier molecular flexibility index (Phi) is 6.33. The molecule has 0 aromatic rings. The van der Waals surface area contributed by atoms with E-state index in [1.54, 1.807) is 0 Å². The number of aliphatic hydroxyl groups is 2. The molecule has 0 aliphatic carbocycles. The van der Waals surface area contributed by atoms with Gasteiger partial charge in [0.2, 0.25) is 0 Å². The minimum Gasteiger partial charge on any atom is -0.394 e. The SMILES string of the molecule is CCC(C)C(C)NC(CC)(CO)CO. The Morgan fingerprint density at radius 3 is 1.93 bits per heavy atom. The second-order valence-corrected chi connectivity index (χ2v) is 4.27. The molecule has 0 saturated heterocycles. The van der Waals surface area contributed by atoms with E-state index in [-0.39, 0.29) is 13.2 Å². The Labute approximate surface area is 87.5 Å². The van der Waals surface area contributed by atoms with Gasteiger partial charge in [-0.1, -0.05) is 27.2 Å². The number of aliphatic hydroxyl groups excluding tert-OH is 2. The van der Waals surface area contributed by atoms with Gasteiger partial charge in [0, 0.05) is 6.04 Å². The molecule has 0 aliphatic heterocycles. The summed E-state index contributed by atoms with van der Waals surface area (Å²) in [6.45, 7) is 8.37. The predicted octanol–water partition coefficient (Wildman–Crippen LogP) is 1.14. The molecule has 0 aliphatic rings. The number of hydrogen-bond acceptors (Lipinski definition) is 3. The summed E-state index contributed by atoms with van der Waals surface area (Å²) in [7, 11) is 0. The molecule has 0 aromatic heterocycles. The zero-order chi connectivity index (χ0) is 11.2. The van der Waals surface area contributed by atoms with E-state index in [1.807, 2.05) is 6.92 Å². The molecular weight excluding hydrogens is 178 g/mol. The van der Waals surface area contributed by atoms with Crippen LogP contribution < -0.4 is 5.32 Å². The summed E-state index contributed by atoms with van der Waals surface area (Å²) in [4.78, 5) is 0. The van der Waals surface area contributed by atoms with E-state index in [0.29, 0.717) is 12.0 Å². The average molecular weight is 203 g/mol. The smallest absolute Gasteiger partial charge is 0.0647 e. The molecule has 0 aromatic carbocycles. The largest absolute Gasteiger partial charge is 0.394 e. The van der Waals surface area contributed by atoms with Crippen LogP contribution in [0.5, 0.6) is 0 Å². The summed E-state index contributed by atoms with van der Waals surface area (Å²) < 4.78 is 0. The van der Waals surface area contributed by atoms with Crippen LogP contribution in [0.25, 0.3) is 0 Å². The first-order valence-corrected chi connectivity index (χ1v) is 5.54. The third-order valence-electron chi connectivity index (χ3n) is 3.31. The summed E-state index contributed by atoms with van der Waals surface area (Å²) in [6.07, 6.45) is 1.84. The molecule has 0 rings (SSSR count). The molecule has 2 unspecified atom stereocenters. The van der Waals surface area contributed by atoms with Gasteiger partial charge in [-0.3, -0.25) is 0 Å². The van der Waals surface area contributed by atoms with Gasteiger partial charge in [0.05, 0.1) is 18.8 Å². The zero-order valence-electron chi connectivity index (χ0n) is 9.88. The first-order chi connectivity index (χ1) is 6.55. The van der Waals surface area contributed by atoms with Crippen LogP contribution in [0.15, 0.2) is 0 Å². The maximum absolute atomic E-state index is 9.26. The van der Waals surface area contributed by atoms with Gasteiger partial charge < -0.3 is 15.5 Å². The van der Waals surface area contributed by atoms with Gasteiger partial charge in [-0.15, -0.1) is 0 Å². The highest BCUT2D eigenvalue weighted by Crippen LogP contribution is 2.14. The van der Waals surface area contributed by atoms with Gasteiger partial charge in [0.25, 0.3) is 0 Å². The van der Waals surface area contributed by atoms with Gasteiger partial charge in [-0.2, -0.15) is 0 Å². The van der Waals surface area contributed by atoms with Crippen LogP contribution in [0.2, 0.25) is 0 Å². The maximum atomic E-state index is 9.26. The predicted molar refractivity (Wildman–Crippen MR) is 59.2 cm³/mol. The molecule has 2 atom stereocenters. The van der Waals surface area contributed by atoms with Gasteiger partial charge in [-0.05, 0) is 19.3 Å². The fourth-order valence-electron chi connectivity index (χ4n) is 1.45. The van der Waals surface area contributed by atoms with Crippen molar-refractivity contribution >= 4 is 0 Å². The first kappa shape index (κ1) is 13.9. The monoisotopic (exact) mass is 203 g/mol. The number of nitrogens with one attached hydrogen (secondary N) is 1. The standard InChI is InChI=1S/C11H25NO2/c1-5-9(3)10(4)12-11(6-2,7-13)8-14/h9-10,12-14H,5-8H2,1-4H3. The lowest BCUT2D eigenvalue weighted by Gasteiger charge is -2.35. The average Bonchev–Trinajstić information content (AvgIpc) is 2.24. The van der Waals surface area contributed by atoms with Crippen molar-refractivity contribution in [2.45, 2.75) is 52.1 Å². The van der Waals surface area contributed by atoms with Gasteiger partial charge in [0.15, 0.2) is 0 Å². The van der Waals surface area contributed by atoms with Crippen LogP contribution in [0, 0.1) is 5.92 Å². The summed E-state index contributed by atoms with van der Waals surface area (Å²) >= 11 is 0. The highest BCUT2D eigenvalue weighted by Gasteiger charge is 2.29. The summed E-state index contributed by atoms with van der Waals surface area (Å²) in [5, 5.41) is 21.8. The third-order valence-corrected chi connectivity index (χ3v) is 3.31. The molecule has 3 heteroatoms. The third kappa shape index (κ3) is 3.56. The minimum absolute atomic E-state index is 0.0131. The van der Waals surface area contributed by atoms with Crippen LogP contribution >= 0.6 is 0 Å². The second kappa shape index (κ2) is 6.38. The quantitative estimate of drug-likeness (QED) is 0.581. The van der Waals surface area contributed by atoms with Gasteiger partial charge >= 0.3 is 0 Å². The molecule has 0 amide bonds. The molecule has 3 N–H and O–H groups in total. The van der Waals surface area contributed by atoms with Crippen molar-refractivity contribution in [3.8, 4) is 0 Å². The number of hydrogen-bond donors (Lipinski definition) is 3. The molecule has 0 bridgehead atoms. The molecule has 0 heterocycles. The van der Waals surface area contributed by atoms with Crippen LogP contribution in [0.3, 0.4) is 0 Å². The van der Waals surface area contributed by atoms with Crippen molar-refractivity contribution in [3.63, 3.8) is 0 Å². The highest BCUT2D eigenvalue weighted by molar-refractivity contribution is 4.88. The second-order valence-electron chi connectivity index (χ2n) is 4.27. The van der Waals surface area contributed by atoms with E-state index in [1.165, 1.54) is 0 Å². The van der Waals surface area contributed by atoms with Crippen molar-refractivity contribution in [2.24, 2.45) is 5.92 Å². The first-order valence-electron chi connectivity index (χ1n) is 5.54. The lowest BCUT2D eigenvalue weighted by molar-refractivity contribution is 0.0727. The molecule has 86 valence electrons. The van der Waals surface area contributed by atoms with Crippen LogP contribution in [-0.2, 0) is 0 Å². The van der Waals surface area contributed by atoms with E-state index in [9.17, 15) is 10.2 Å². The fraction of sp³-hybridized carbons (Fsp3) is 1.00. The molecular formula is C11H25NO2. The number of rotatable bonds is 7. The van der Waals surface area contributed by atoms with Gasteiger partial charge in [0.1, 0.15) is 0 Å². The molecule has 0 saturated carbocycles. The lowest BCUT2D eigenvalue weighted by Crippen LogP contribution is -2.56. The van der Waals surface area contributed by atoms with E-state index in [2.05, 4.69) is 26.1 Å². The lowest BCUT2D eigenvalue weighted by atomic mass is 9.93. The van der Waals surface area contributed by atoms with Crippen molar-refractivity contribution in [2.75, 3.05) is 13.2 Å². The summed E-state index contributed by atoms with van der Waals surface area (Å²) in [6, 6.07) is 0.319. The van der Waals surface area contributed by atoms with E-state index in [4.69, 9.17) is 0 Å². The normalized spacial score (nSPS) is 16.7. The van der Waals surface area contributed by atoms with Crippen LogP contribution in [0.4, 0.5) is 0 Å². The molecule has 3 nitrogen and oxygen atoms in total. The van der Waals surface area contributed by atoms with Crippen molar-refractivity contribution in [1.29, 1.82) is 0 Å². The molecule has 0 fully saturated rings. The Balaban J connectivity index is 4.28. The van der Waals surface area contributed by atoms with Crippen LogP contribution in [0.1, 0.15) is 40.5 Å². The maximum Gasteiger partial charge on any atom is 0.0647 e. The summed E-state index contributed by atoms with van der Waals surface area (Å²) in [5.41, 5.74) is -0.511. The van der Waals surface area contributed by atoms with Crippen molar-refractivity contribution in [1.82, 2.24) is 5.32 Å². The summed E-state index contributed by atoms with van der Waals surface area (Å²) in [5.74, 6) is 0.555. The zero-order valence-corrected chi connectivity index (χ0v) is 9.88. The Morgan fingerprint density at radius 2 is 1.64 bits per heavy atom. The molecule has 14 heavy (non-hydrogen) atoms. The van der Waals surface area contributed by atoms with E-state index < -0.39 is 5.54 Å². The fourth-order valence-corrected chi connectivity index (χ4v) is 1.45. The van der Waals surface area contributed by atoms with E-state index >= 15 is 0 Å². The molecule has 0 spiro atoms. The van der Waals surface area contributed by atoms with Crippen LogP contribution in [-0.4, -0.2) is 35.0 Å². The Bertz CT molecular complexity index is 138. The Hall–Kier alpha value is -0.120. The van der Waals surface area contributed by atoms with Crippen molar-refractivity contribution in [3.05, 3.63) is 0 Å². The van der Waals surface area contributed by atoms with E-state index in [0.717, 1.165) is 12.8 Å². The van der Waals surface area contributed by atoms with Gasteiger partial charge in [-0.25, -0.2) is 0 Å². The topological polar surface area (TPSA) is 52.5 Å². The highest BCUT2D eigenvalue weighted by atomic mass is 16.3. The molecule has 0 radical (unpaired) electrons. The Morgan fingerprint density at radius 1 is 1.14 bits per heavy atom. The van der Waals surface area contributed by atoms with Crippen molar-refractivity contribution < 1.29 is 10.2 Å². The minimum atomic E-state index is -0.511.